The number of carbonyl (C=O) groups is 1. The van der Waals surface area contributed by atoms with E-state index in [1.807, 2.05) is 219 Å². The molecule has 21 heteroatoms. The molecule has 0 bridgehead atoms. The van der Waals surface area contributed by atoms with E-state index in [4.69, 9.17) is 75.8 Å². The van der Waals surface area contributed by atoms with Crippen LogP contribution in [0.25, 0.3) is 0 Å². The maximum Gasteiger partial charge on any atom is 0.217 e. The van der Waals surface area contributed by atoms with Gasteiger partial charge in [-0.1, -0.05) is 251 Å². The third-order valence-corrected chi connectivity index (χ3v) is 19.4. The molecule has 5 saturated heterocycles. The summed E-state index contributed by atoms with van der Waals surface area (Å²) >= 11 is 0. The number of aliphatic hydroxyl groups is 3. The Hall–Kier alpha value is -6.75. The number of ether oxygens (including phenoxy) is 16. The van der Waals surface area contributed by atoms with Crippen LogP contribution in [0, 0.1) is 0 Å². The summed E-state index contributed by atoms with van der Waals surface area (Å²) < 4.78 is 114. The summed E-state index contributed by atoms with van der Waals surface area (Å²) in [4.78, 5) is 13.2. The van der Waals surface area contributed by atoms with Gasteiger partial charge in [-0.2, -0.15) is 0 Å². The van der Waals surface area contributed by atoms with Gasteiger partial charge >= 0.3 is 0 Å². The van der Waals surface area contributed by atoms with Crippen LogP contribution >= 0.6 is 0 Å². The lowest BCUT2D eigenvalue weighted by Crippen LogP contribution is -2.70. The summed E-state index contributed by atoms with van der Waals surface area (Å²) in [5, 5.41) is 36.9. The number of carbonyl (C=O) groups excluding carboxylic acids is 1. The second-order valence-corrected chi connectivity index (χ2v) is 27.2. The fourth-order valence-corrected chi connectivity index (χ4v) is 13.9. The van der Waals surface area contributed by atoms with Crippen molar-refractivity contribution in [3.8, 4) is 0 Å². The molecule has 104 heavy (non-hydrogen) atoms. The molecule has 0 aliphatic carbocycles. The van der Waals surface area contributed by atoms with Crippen molar-refractivity contribution >= 4 is 5.91 Å². The third-order valence-electron chi connectivity index (χ3n) is 19.4. The highest BCUT2D eigenvalue weighted by Crippen LogP contribution is 2.43. The average Bonchev–Trinajstić information content (AvgIpc) is 0.755. The smallest absolute Gasteiger partial charge is 0.217 e. The van der Waals surface area contributed by atoms with E-state index >= 15 is 0 Å². The van der Waals surface area contributed by atoms with Crippen LogP contribution in [0.5, 0.6) is 0 Å². The van der Waals surface area contributed by atoms with Crippen LogP contribution in [0.15, 0.2) is 212 Å². The minimum absolute atomic E-state index is 0.0313. The lowest BCUT2D eigenvalue weighted by Gasteiger charge is -2.53. The summed E-state index contributed by atoms with van der Waals surface area (Å²) in [6.07, 6.45) is -17.7. The number of rotatable bonds is 36. The molecule has 0 saturated carbocycles. The van der Waals surface area contributed by atoms with E-state index in [1.54, 1.807) is 0 Å². The van der Waals surface area contributed by atoms with Gasteiger partial charge in [-0.15, -0.1) is 0 Å². The molecule has 558 valence electrons. The van der Waals surface area contributed by atoms with Crippen molar-refractivity contribution in [2.75, 3.05) is 26.4 Å². The first kappa shape index (κ1) is 76.9. The van der Waals surface area contributed by atoms with Crippen LogP contribution in [-0.4, -0.2) is 170 Å². The largest absolute Gasteiger partial charge is 0.394 e. The third kappa shape index (κ3) is 21.1. The van der Waals surface area contributed by atoms with E-state index in [0.29, 0.717) is 6.42 Å². The number of hydrogen-bond donors (Lipinski definition) is 4. The molecular formula is C83H101NO20. The van der Waals surface area contributed by atoms with Gasteiger partial charge < -0.3 is 96.4 Å². The SMILES string of the molecule is CCCCCCCCO[C@@H]1O[C@@H]2COC(c3ccccc3)O[C@@H]2[C@H](O[C@H]2O[C@H](COCc3ccccc3)[C@H](OCc3ccccc3)[C@H](O[C@@H]3O[C@H](CO)[C@H](O)[C@H](O)[C@H]3NC(C)=O)[C@H]2OCc2ccccc2)[C@H]1O[C@H]1O[C@@H](C)[C@@H](OCc2ccccc2)[C@@H](OCc2ccccc2)[C@@H]1OCc1ccccc1. The summed E-state index contributed by atoms with van der Waals surface area (Å²) in [7, 11) is 0. The average molecular weight is 1430 g/mol. The van der Waals surface area contributed by atoms with E-state index in [2.05, 4.69) is 12.2 Å². The molecule has 0 aromatic heterocycles. The first-order chi connectivity index (χ1) is 51.1. The summed E-state index contributed by atoms with van der Waals surface area (Å²) in [5.74, 6) is -0.554. The zero-order chi connectivity index (χ0) is 71.8. The molecule has 5 heterocycles. The van der Waals surface area contributed by atoms with Crippen molar-refractivity contribution in [2.45, 2.75) is 228 Å². The molecule has 21 nitrogen and oxygen atoms in total. The molecule has 5 aliphatic heterocycles. The molecule has 1 amide bonds. The van der Waals surface area contributed by atoms with Crippen LogP contribution in [0.3, 0.4) is 0 Å². The highest BCUT2D eigenvalue weighted by molar-refractivity contribution is 5.73. The van der Waals surface area contributed by atoms with Gasteiger partial charge in [0.25, 0.3) is 0 Å². The molecule has 7 aromatic rings. The number of nitrogens with one attached hydrogen (secondary N) is 1. The highest BCUT2D eigenvalue weighted by Gasteiger charge is 2.60. The maximum atomic E-state index is 13.2. The van der Waals surface area contributed by atoms with Crippen LogP contribution in [-0.2, 0) is 120 Å². The van der Waals surface area contributed by atoms with Crippen LogP contribution in [0.4, 0.5) is 0 Å². The van der Waals surface area contributed by atoms with Crippen molar-refractivity contribution in [3.63, 3.8) is 0 Å². The fraction of sp³-hybridized carbons (Fsp3) is 0.482. The Bertz CT molecular complexity index is 3550. The molecular weight excluding hydrogens is 1330 g/mol. The standard InChI is InChI=1S/C83H101NO20/c1-4-5-6-7-8-30-45-90-81-78(104-82-76(94-51-61-39-24-13-25-40-61)73(93-50-60-37-22-12-23-38-60)70(55(2)97-82)91-48-58-33-18-10-19-34-58)75(72-66(99-81)54-96-79(101-72)63-43-28-15-29-44-63)103-83-77(95-52-62-41-26-14-27-42-62)74(102-80-67(84-56(3)86)69(88)68(87)64(46-85)98-80)71(92-49-59-35-20-11-21-36-59)65(100-83)53-89-47-57-31-16-9-17-32-57/h9-29,31-44,55,64-83,85,87-88H,4-8,30,45-54H2,1-3H3,(H,84,86)/t55-,64+,65+,66+,67+,68-,69+,70+,71-,72-,73+,74-,75-,76-,77+,78+,79?,80-,81+,82+,83+/m0/s1. The van der Waals surface area contributed by atoms with Gasteiger partial charge in [-0.3, -0.25) is 4.79 Å². The lowest BCUT2D eigenvalue weighted by atomic mass is 9.94. The summed E-state index contributed by atoms with van der Waals surface area (Å²) in [6.45, 7) is 5.63. The Morgan fingerprint density at radius 1 is 0.433 bits per heavy atom. The molecule has 4 N–H and O–H groups in total. The molecule has 0 radical (unpaired) electrons. The Labute approximate surface area is 610 Å². The molecule has 21 atom stereocenters. The minimum Gasteiger partial charge on any atom is -0.394 e. The van der Waals surface area contributed by atoms with Crippen molar-refractivity contribution in [3.05, 3.63) is 251 Å². The Balaban J connectivity index is 0.994. The lowest BCUT2D eigenvalue weighted by molar-refractivity contribution is -0.422. The number of amides is 1. The van der Waals surface area contributed by atoms with Gasteiger partial charge in [-0.25, -0.2) is 0 Å². The molecule has 5 fully saturated rings. The van der Waals surface area contributed by atoms with Crippen molar-refractivity contribution in [1.82, 2.24) is 5.32 Å². The van der Waals surface area contributed by atoms with E-state index < -0.39 is 142 Å². The second-order valence-electron chi connectivity index (χ2n) is 27.2. The van der Waals surface area contributed by atoms with Crippen molar-refractivity contribution in [1.29, 1.82) is 0 Å². The van der Waals surface area contributed by atoms with Gasteiger partial charge in [-0.05, 0) is 46.7 Å². The Kier molecular flexibility index (Phi) is 29.4. The number of hydrogen-bond acceptors (Lipinski definition) is 20. The van der Waals surface area contributed by atoms with Gasteiger partial charge in [0.05, 0.1) is 65.6 Å². The maximum absolute atomic E-state index is 13.2. The van der Waals surface area contributed by atoms with Gasteiger partial charge in [0.1, 0.15) is 91.5 Å². The first-order valence-corrected chi connectivity index (χ1v) is 36.7. The van der Waals surface area contributed by atoms with Gasteiger partial charge in [0.15, 0.2) is 31.5 Å². The van der Waals surface area contributed by atoms with Crippen LogP contribution < -0.4 is 5.32 Å². The zero-order valence-corrected chi connectivity index (χ0v) is 59.4. The Morgan fingerprint density at radius 3 is 1.40 bits per heavy atom. The molecule has 5 aliphatic rings. The minimum atomic E-state index is -1.69. The topological polar surface area (TPSA) is 237 Å². The molecule has 7 aromatic carbocycles. The van der Waals surface area contributed by atoms with E-state index in [0.717, 1.165) is 71.0 Å². The predicted octanol–water partition coefficient (Wildman–Crippen LogP) is 10.9. The quantitative estimate of drug-likeness (QED) is 0.0267. The first-order valence-electron chi connectivity index (χ1n) is 36.7. The number of benzene rings is 7. The van der Waals surface area contributed by atoms with E-state index in [1.165, 1.54) is 6.92 Å². The summed E-state index contributed by atoms with van der Waals surface area (Å²) in [5.41, 5.74) is 5.99. The van der Waals surface area contributed by atoms with Gasteiger partial charge in [0.2, 0.25) is 5.91 Å². The van der Waals surface area contributed by atoms with Crippen LogP contribution in [0.1, 0.15) is 105 Å². The second kappa shape index (κ2) is 39.7. The van der Waals surface area contributed by atoms with Crippen LogP contribution in [0.2, 0.25) is 0 Å². The number of unbranched alkanes of at least 4 members (excludes halogenated alkanes) is 5. The van der Waals surface area contributed by atoms with E-state index in [9.17, 15) is 20.1 Å². The molecule has 12 rings (SSSR count). The van der Waals surface area contributed by atoms with E-state index in [-0.39, 0.29) is 59.5 Å². The van der Waals surface area contributed by atoms with Crippen molar-refractivity contribution < 1.29 is 95.9 Å². The number of aliphatic hydroxyl groups excluding tert-OH is 3. The predicted molar refractivity (Wildman–Crippen MR) is 382 cm³/mol. The zero-order valence-electron chi connectivity index (χ0n) is 59.4. The summed E-state index contributed by atoms with van der Waals surface area (Å²) in [6, 6.07) is 66.8. The van der Waals surface area contributed by atoms with Gasteiger partial charge in [0, 0.05) is 19.1 Å². The van der Waals surface area contributed by atoms with Crippen molar-refractivity contribution in [2.24, 2.45) is 0 Å². The molecule has 0 spiro atoms. The molecule has 1 unspecified atom stereocenters. The normalized spacial score (nSPS) is 30.7. The monoisotopic (exact) mass is 1430 g/mol. The Morgan fingerprint density at radius 2 is 0.875 bits per heavy atom. The highest BCUT2D eigenvalue weighted by atomic mass is 16.8. The number of fused-ring (bicyclic) bond motifs is 1. The fourth-order valence-electron chi connectivity index (χ4n) is 13.9.